The van der Waals surface area contributed by atoms with Crippen molar-refractivity contribution < 1.29 is 76.6 Å². The minimum Gasteiger partial charge on any atom is -0.436 e. The average Bonchev–Trinajstić information content (AvgIpc) is 3.09. The highest BCUT2D eigenvalue weighted by Crippen LogP contribution is 2.33. The van der Waals surface area contributed by atoms with Gasteiger partial charge >= 0.3 is 111 Å². The van der Waals surface area contributed by atoms with Gasteiger partial charge in [0.2, 0.25) is 0 Å². The first-order valence-electron chi connectivity index (χ1n) is 28.0. The van der Waals surface area contributed by atoms with E-state index < -0.39 is 128 Å². The summed E-state index contributed by atoms with van der Waals surface area (Å²) < 4.78 is 118. The standard InChI is InChI=1S/C46H116O18Si15/c1-33-37-47-41-43-49-39-35-45-65(3,4)51-67(7,8)53-69(11,12)55-71(15,16)57-73(19,20)59-75(23,24)61-77(27,28)63-79(31,32)64-78(29,30)62-76(25,26)60-74(21,22)58-72(17,18)56-70(13,14)54-68(9,10)52-66(5,6)46-36-40-50-44-42-48-38-34-2/h1-2H,35-46H2,3-32H3. The molecule has 0 fully saturated rings. The molecule has 0 bridgehead atoms. The van der Waals surface area contributed by atoms with Crippen molar-refractivity contribution in [2.75, 3.05) is 52.9 Å². The molecule has 33 heteroatoms. The molecule has 0 aromatic heterocycles. The lowest BCUT2D eigenvalue weighted by atomic mass is 10.5. The number of hydrogen-bond donors (Lipinski definition) is 0. The van der Waals surface area contributed by atoms with Crippen molar-refractivity contribution in [1.29, 1.82) is 0 Å². The smallest absolute Gasteiger partial charge is 0.314 e. The van der Waals surface area contributed by atoms with Gasteiger partial charge in [0.1, 0.15) is 13.2 Å². The summed E-state index contributed by atoms with van der Waals surface area (Å²) in [6, 6.07) is 1.92. The summed E-state index contributed by atoms with van der Waals surface area (Å²) in [4.78, 5) is 0. The van der Waals surface area contributed by atoms with Crippen molar-refractivity contribution in [1.82, 2.24) is 0 Å². The Labute approximate surface area is 499 Å². The summed E-state index contributed by atoms with van der Waals surface area (Å²) in [5.74, 6) is 4.93. The van der Waals surface area contributed by atoms with Crippen LogP contribution in [0.4, 0.5) is 0 Å². The maximum absolute atomic E-state index is 6.93. The number of ether oxygens (including phenoxy) is 4. The van der Waals surface area contributed by atoms with Gasteiger partial charge in [-0.25, -0.2) is 0 Å². The van der Waals surface area contributed by atoms with Gasteiger partial charge in [0.25, 0.3) is 0 Å². The normalized spacial score (nSPS) is 14.9. The summed E-state index contributed by atoms with van der Waals surface area (Å²) >= 11 is 0. The van der Waals surface area contributed by atoms with Gasteiger partial charge in [-0.2, -0.15) is 0 Å². The van der Waals surface area contributed by atoms with Crippen molar-refractivity contribution in [2.45, 2.75) is 221 Å². The highest BCUT2D eigenvalue weighted by molar-refractivity contribution is 6.95. The zero-order valence-corrected chi connectivity index (χ0v) is 70.5. The van der Waals surface area contributed by atoms with E-state index in [1.54, 1.807) is 0 Å². The van der Waals surface area contributed by atoms with E-state index in [0.29, 0.717) is 52.9 Å². The molecule has 18 nitrogen and oxygen atoms in total. The molecule has 0 heterocycles. The predicted octanol–water partition coefficient (Wildman–Crippen LogP) is 12.9. The van der Waals surface area contributed by atoms with E-state index in [9.17, 15) is 0 Å². The molecule has 0 aromatic rings. The van der Waals surface area contributed by atoms with Gasteiger partial charge < -0.3 is 76.6 Å². The van der Waals surface area contributed by atoms with Gasteiger partial charge in [-0.05, 0) is 221 Å². The monoisotopic (exact) mass is 1380 g/mol. The molecule has 0 aliphatic rings. The molecule has 79 heavy (non-hydrogen) atoms. The Morgan fingerprint density at radius 3 is 0.532 bits per heavy atom. The van der Waals surface area contributed by atoms with Gasteiger partial charge in [-0.1, -0.05) is 11.8 Å². The van der Waals surface area contributed by atoms with Crippen LogP contribution in [0, 0.1) is 24.7 Å². The molecule has 0 aliphatic carbocycles. The van der Waals surface area contributed by atoms with Crippen LogP contribution >= 0.6 is 0 Å². The quantitative estimate of drug-likeness (QED) is 0.0321. The second kappa shape index (κ2) is 32.2. The van der Waals surface area contributed by atoms with E-state index in [-0.39, 0.29) is 0 Å². The molecular formula is C46H116O18Si15. The van der Waals surface area contributed by atoms with Crippen molar-refractivity contribution in [2.24, 2.45) is 0 Å². The second-order valence-corrected chi connectivity index (χ2v) is 83.0. The van der Waals surface area contributed by atoms with E-state index in [1.807, 2.05) is 0 Å². The van der Waals surface area contributed by atoms with Gasteiger partial charge in [-0.3, -0.25) is 0 Å². The molecule has 0 aliphatic heterocycles. The van der Waals surface area contributed by atoms with Crippen LogP contribution in [0.3, 0.4) is 0 Å². The highest BCUT2D eigenvalue weighted by atomic mass is 28.5. The third kappa shape index (κ3) is 41.4. The Kier molecular flexibility index (Phi) is 32.9. The van der Waals surface area contributed by atoms with E-state index in [1.165, 1.54) is 0 Å². The van der Waals surface area contributed by atoms with E-state index in [4.69, 9.17) is 89.4 Å². The summed E-state index contributed by atoms with van der Waals surface area (Å²) in [6.45, 7) is 66.8. The first-order chi connectivity index (χ1) is 35.0. The first kappa shape index (κ1) is 80.7. The maximum Gasteiger partial charge on any atom is 0.314 e. The summed E-state index contributed by atoms with van der Waals surface area (Å²) in [6.07, 6.45) is 12.3. The molecule has 0 spiro atoms. The third-order valence-corrected chi connectivity index (χ3v) is 68.9. The number of rotatable bonds is 44. The van der Waals surface area contributed by atoms with Crippen molar-refractivity contribution in [3.05, 3.63) is 0 Å². The zero-order valence-electron chi connectivity index (χ0n) is 55.5. The molecule has 468 valence electrons. The minimum atomic E-state index is -2.84. The summed E-state index contributed by atoms with van der Waals surface area (Å²) in [5, 5.41) is 0. The Balaban J connectivity index is 5.55. The maximum atomic E-state index is 6.93. The topological polar surface area (TPSA) is 166 Å². The van der Waals surface area contributed by atoms with Gasteiger partial charge in [0.15, 0.2) is 16.6 Å². The van der Waals surface area contributed by atoms with E-state index >= 15 is 0 Å². The lowest BCUT2D eigenvalue weighted by molar-refractivity contribution is 0.0602. The highest BCUT2D eigenvalue weighted by Gasteiger charge is 2.53. The Hall–Kier alpha value is 1.65. The van der Waals surface area contributed by atoms with Crippen LogP contribution in [-0.4, -0.2) is 181 Å². The number of hydrogen-bond acceptors (Lipinski definition) is 18. The molecular weight excluding hydrogens is 1260 g/mol. The molecule has 0 unspecified atom stereocenters. The third-order valence-electron chi connectivity index (χ3n) is 10.2. The summed E-state index contributed by atoms with van der Waals surface area (Å²) in [5.41, 5.74) is 0. The van der Waals surface area contributed by atoms with Crippen LogP contribution < -0.4 is 0 Å². The average molecular weight is 1380 g/mol. The Bertz CT molecular complexity index is 1760. The van der Waals surface area contributed by atoms with E-state index in [0.717, 1.165) is 24.9 Å². The molecule has 0 rings (SSSR count). The zero-order chi connectivity index (χ0) is 62.1. The SMILES string of the molecule is C#CCOCCOCCC[Si](C)(C)O[Si](C)(C)O[Si](C)(C)O[Si](C)(C)O[Si](C)(C)O[Si](C)(C)O[Si](C)(C)O[Si](C)(C)O[Si](C)(C)O[Si](C)(C)O[Si](C)(C)O[Si](C)(C)O[Si](C)(C)O[Si](C)(C)O[Si](C)(C)CCCOCCOCC#C. The fourth-order valence-corrected chi connectivity index (χ4v) is 88.0. The van der Waals surface area contributed by atoms with Crippen molar-refractivity contribution >= 4 is 128 Å². The lowest BCUT2D eigenvalue weighted by Crippen LogP contribution is -2.63. The van der Waals surface area contributed by atoms with Gasteiger partial charge in [0.05, 0.1) is 26.4 Å². The number of terminal acetylenes is 2. The van der Waals surface area contributed by atoms with Crippen molar-refractivity contribution in [3.8, 4) is 24.7 Å². The lowest BCUT2D eigenvalue weighted by Gasteiger charge is -2.45. The van der Waals surface area contributed by atoms with Gasteiger partial charge in [-0.15, -0.1) is 12.8 Å². The van der Waals surface area contributed by atoms with Crippen molar-refractivity contribution in [3.63, 3.8) is 0 Å². The molecule has 0 radical (unpaired) electrons. The van der Waals surface area contributed by atoms with Crippen LogP contribution in [0.15, 0.2) is 0 Å². The second-order valence-electron chi connectivity index (χ2n) is 27.1. The van der Waals surface area contributed by atoms with Crippen LogP contribution in [-0.2, 0) is 76.6 Å². The van der Waals surface area contributed by atoms with Crippen LogP contribution in [0.2, 0.25) is 208 Å². The summed E-state index contributed by atoms with van der Waals surface area (Å²) in [7, 11) is -40.0. The van der Waals surface area contributed by atoms with E-state index in [2.05, 4.69) is 208 Å². The molecule has 0 N–H and O–H groups in total. The molecule has 0 aromatic carbocycles. The first-order valence-corrected chi connectivity index (χ1v) is 70.9. The fraction of sp³-hybridized carbons (Fsp3) is 0.913. The minimum absolute atomic E-state index is 0.302. The fourth-order valence-electron chi connectivity index (χ4n) is 10.7. The van der Waals surface area contributed by atoms with Crippen LogP contribution in [0.5, 0.6) is 0 Å². The van der Waals surface area contributed by atoms with Crippen LogP contribution in [0.25, 0.3) is 0 Å². The molecule has 0 saturated heterocycles. The van der Waals surface area contributed by atoms with Crippen LogP contribution in [0.1, 0.15) is 12.8 Å². The Morgan fingerprint density at radius 1 is 0.215 bits per heavy atom. The van der Waals surface area contributed by atoms with Gasteiger partial charge in [0, 0.05) is 13.2 Å². The largest absolute Gasteiger partial charge is 0.436 e. The predicted molar refractivity (Wildman–Crippen MR) is 357 cm³/mol. The molecule has 0 atom stereocenters. The molecule has 0 amide bonds. The molecule has 0 saturated carbocycles. The Morgan fingerprint density at radius 2 is 0.367 bits per heavy atom.